The van der Waals surface area contributed by atoms with Crippen molar-refractivity contribution in [2.75, 3.05) is 13.7 Å². The molecule has 1 aromatic carbocycles. The van der Waals surface area contributed by atoms with Gasteiger partial charge in [0.25, 0.3) is 11.8 Å². The van der Waals surface area contributed by atoms with Crippen LogP contribution < -0.4 is 10.1 Å². The van der Waals surface area contributed by atoms with E-state index in [0.29, 0.717) is 41.8 Å². The largest absolute Gasteiger partial charge is 0.496 e. The zero-order valence-electron chi connectivity index (χ0n) is 13.1. The molecule has 0 radical (unpaired) electrons. The molecule has 7 heteroatoms. The summed E-state index contributed by atoms with van der Waals surface area (Å²) in [7, 11) is 1.53. The molecule has 0 aliphatic rings. The minimum atomic E-state index is -0.211. The first-order chi connectivity index (χ1) is 11.8. The van der Waals surface area contributed by atoms with Crippen molar-refractivity contribution in [3.8, 4) is 17.3 Å². The van der Waals surface area contributed by atoms with E-state index in [0.717, 1.165) is 0 Å². The van der Waals surface area contributed by atoms with Crippen molar-refractivity contribution >= 4 is 5.91 Å². The summed E-state index contributed by atoms with van der Waals surface area (Å²) in [6.07, 6.45) is 2.09. The third kappa shape index (κ3) is 3.57. The number of carbonyl (C=O) groups is 1. The normalized spacial score (nSPS) is 10.4. The van der Waals surface area contributed by atoms with Crippen LogP contribution in [0.2, 0.25) is 0 Å². The van der Waals surface area contributed by atoms with E-state index in [9.17, 15) is 4.79 Å². The van der Waals surface area contributed by atoms with Gasteiger partial charge in [0.2, 0.25) is 5.89 Å². The fourth-order valence-electron chi connectivity index (χ4n) is 2.16. The van der Waals surface area contributed by atoms with Crippen molar-refractivity contribution in [1.82, 2.24) is 20.5 Å². The molecule has 2 aromatic heterocycles. The Morgan fingerprint density at radius 1 is 1.17 bits per heavy atom. The van der Waals surface area contributed by atoms with Gasteiger partial charge in [0.1, 0.15) is 11.4 Å². The number of aromatic nitrogens is 3. The molecule has 0 spiro atoms. The third-order valence-corrected chi connectivity index (χ3v) is 3.33. The van der Waals surface area contributed by atoms with Gasteiger partial charge in [0.15, 0.2) is 0 Å². The lowest BCUT2D eigenvalue weighted by molar-refractivity contribution is 0.0950. The lowest BCUT2D eigenvalue weighted by Gasteiger charge is -2.08. The third-order valence-electron chi connectivity index (χ3n) is 3.33. The average molecular weight is 324 g/mol. The molecule has 1 amide bonds. The van der Waals surface area contributed by atoms with Gasteiger partial charge in [-0.1, -0.05) is 18.2 Å². The first-order valence-electron chi connectivity index (χ1n) is 7.43. The van der Waals surface area contributed by atoms with Crippen LogP contribution in [0.4, 0.5) is 0 Å². The molecule has 0 saturated carbocycles. The summed E-state index contributed by atoms with van der Waals surface area (Å²) in [5.74, 6) is 1.12. The molecule has 24 heavy (non-hydrogen) atoms. The molecule has 3 aromatic rings. The topological polar surface area (TPSA) is 90.1 Å². The van der Waals surface area contributed by atoms with Crippen molar-refractivity contribution in [3.63, 3.8) is 0 Å². The monoisotopic (exact) mass is 324 g/mol. The summed E-state index contributed by atoms with van der Waals surface area (Å²) >= 11 is 0. The van der Waals surface area contributed by atoms with E-state index >= 15 is 0 Å². The van der Waals surface area contributed by atoms with Crippen molar-refractivity contribution < 1.29 is 13.9 Å². The summed E-state index contributed by atoms with van der Waals surface area (Å²) < 4.78 is 10.7. The van der Waals surface area contributed by atoms with E-state index in [4.69, 9.17) is 9.15 Å². The van der Waals surface area contributed by atoms with Gasteiger partial charge >= 0.3 is 0 Å². The molecule has 0 fully saturated rings. The van der Waals surface area contributed by atoms with E-state index in [1.54, 1.807) is 30.5 Å². The summed E-state index contributed by atoms with van der Waals surface area (Å²) in [4.78, 5) is 16.3. The Bertz CT molecular complexity index is 817. The minimum Gasteiger partial charge on any atom is -0.496 e. The number of hydrogen-bond acceptors (Lipinski definition) is 6. The SMILES string of the molecule is COc1ccccc1C(=O)NCCc1nnc(-c2ccccn2)o1. The number of benzene rings is 1. The van der Waals surface area contributed by atoms with Crippen LogP contribution in [-0.4, -0.2) is 34.7 Å². The maximum atomic E-state index is 12.2. The molecule has 0 atom stereocenters. The zero-order valence-corrected chi connectivity index (χ0v) is 13.1. The zero-order chi connectivity index (χ0) is 16.8. The quantitative estimate of drug-likeness (QED) is 0.747. The van der Waals surface area contributed by atoms with Crippen LogP contribution in [0.3, 0.4) is 0 Å². The average Bonchev–Trinajstić information content (AvgIpc) is 3.11. The molecule has 1 N–H and O–H groups in total. The van der Waals surface area contributed by atoms with Crippen LogP contribution in [0, 0.1) is 0 Å². The number of rotatable bonds is 6. The minimum absolute atomic E-state index is 0.211. The molecule has 0 saturated heterocycles. The number of nitrogens with one attached hydrogen (secondary N) is 1. The van der Waals surface area contributed by atoms with Gasteiger partial charge < -0.3 is 14.5 Å². The van der Waals surface area contributed by atoms with Crippen LogP contribution in [0.1, 0.15) is 16.2 Å². The van der Waals surface area contributed by atoms with Gasteiger partial charge in [-0.15, -0.1) is 10.2 Å². The van der Waals surface area contributed by atoms with E-state index in [1.807, 2.05) is 18.2 Å². The first-order valence-corrected chi connectivity index (χ1v) is 7.43. The Labute approximate surface area is 138 Å². The molecule has 3 rings (SSSR count). The van der Waals surface area contributed by atoms with Crippen LogP contribution in [0.25, 0.3) is 11.6 Å². The highest BCUT2D eigenvalue weighted by Crippen LogP contribution is 2.17. The second kappa shape index (κ2) is 7.36. The predicted octanol–water partition coefficient (Wildman–Crippen LogP) is 2.11. The van der Waals surface area contributed by atoms with Gasteiger partial charge in [0, 0.05) is 19.2 Å². The maximum Gasteiger partial charge on any atom is 0.266 e. The molecule has 0 aliphatic heterocycles. The van der Waals surface area contributed by atoms with Crippen LogP contribution in [0.5, 0.6) is 5.75 Å². The number of ether oxygens (including phenoxy) is 1. The van der Waals surface area contributed by atoms with E-state index < -0.39 is 0 Å². The number of nitrogens with zero attached hydrogens (tertiary/aromatic N) is 3. The Kier molecular flexibility index (Phi) is 4.81. The lowest BCUT2D eigenvalue weighted by Crippen LogP contribution is -2.26. The molecule has 2 heterocycles. The maximum absolute atomic E-state index is 12.2. The summed E-state index contributed by atoms with van der Waals surface area (Å²) in [5, 5.41) is 10.7. The molecular formula is C17H16N4O3. The smallest absolute Gasteiger partial charge is 0.266 e. The van der Waals surface area contributed by atoms with E-state index in [2.05, 4.69) is 20.5 Å². The summed E-state index contributed by atoms with van der Waals surface area (Å²) in [5.41, 5.74) is 1.11. The Balaban J connectivity index is 1.57. The van der Waals surface area contributed by atoms with Crippen molar-refractivity contribution in [3.05, 3.63) is 60.1 Å². The first kappa shape index (κ1) is 15.7. The van der Waals surface area contributed by atoms with Gasteiger partial charge in [0.05, 0.1) is 12.7 Å². The van der Waals surface area contributed by atoms with Gasteiger partial charge in [-0.2, -0.15) is 0 Å². The number of pyridine rings is 1. The molecule has 0 aliphatic carbocycles. The van der Waals surface area contributed by atoms with E-state index in [-0.39, 0.29) is 5.91 Å². The van der Waals surface area contributed by atoms with E-state index in [1.165, 1.54) is 7.11 Å². The number of carbonyl (C=O) groups excluding carboxylic acids is 1. The summed E-state index contributed by atoms with van der Waals surface area (Å²) in [6.45, 7) is 0.376. The second-order valence-corrected chi connectivity index (χ2v) is 4.92. The fourth-order valence-corrected chi connectivity index (χ4v) is 2.16. The van der Waals surface area contributed by atoms with Crippen LogP contribution >= 0.6 is 0 Å². The number of amides is 1. The molecular weight excluding hydrogens is 308 g/mol. The number of methoxy groups -OCH3 is 1. The molecule has 0 bridgehead atoms. The van der Waals surface area contributed by atoms with Crippen molar-refractivity contribution in [2.45, 2.75) is 6.42 Å². The van der Waals surface area contributed by atoms with Crippen molar-refractivity contribution in [2.24, 2.45) is 0 Å². The molecule has 7 nitrogen and oxygen atoms in total. The standard InChI is InChI=1S/C17H16N4O3/c1-23-14-8-3-2-6-12(14)16(22)19-11-9-15-20-21-17(24-15)13-7-4-5-10-18-13/h2-8,10H,9,11H2,1H3,(H,19,22). The Morgan fingerprint density at radius 2 is 2.00 bits per heavy atom. The number of hydrogen-bond donors (Lipinski definition) is 1. The lowest BCUT2D eigenvalue weighted by atomic mass is 10.2. The van der Waals surface area contributed by atoms with Crippen LogP contribution in [-0.2, 0) is 6.42 Å². The summed E-state index contributed by atoms with van der Waals surface area (Å²) in [6, 6.07) is 12.5. The van der Waals surface area contributed by atoms with Crippen LogP contribution in [0.15, 0.2) is 53.1 Å². The number of para-hydroxylation sites is 1. The van der Waals surface area contributed by atoms with Gasteiger partial charge in [-0.05, 0) is 24.3 Å². The fraction of sp³-hybridized carbons (Fsp3) is 0.176. The highest BCUT2D eigenvalue weighted by molar-refractivity contribution is 5.96. The van der Waals surface area contributed by atoms with Gasteiger partial charge in [-0.25, -0.2) is 0 Å². The van der Waals surface area contributed by atoms with Gasteiger partial charge in [-0.3, -0.25) is 9.78 Å². The molecule has 122 valence electrons. The molecule has 0 unspecified atom stereocenters. The second-order valence-electron chi connectivity index (χ2n) is 4.92. The van der Waals surface area contributed by atoms with Crippen molar-refractivity contribution in [1.29, 1.82) is 0 Å². The predicted molar refractivity (Wildman–Crippen MR) is 86.6 cm³/mol. The highest BCUT2D eigenvalue weighted by atomic mass is 16.5. The highest BCUT2D eigenvalue weighted by Gasteiger charge is 2.12. The Hall–Kier alpha value is -3.22. The Morgan fingerprint density at radius 3 is 2.79 bits per heavy atom.